The number of nitrogens with zero attached hydrogens (tertiary/aromatic N) is 3. The van der Waals surface area contributed by atoms with Crippen molar-refractivity contribution in [3.63, 3.8) is 0 Å². The number of benzene rings is 5. The molecule has 29 nitrogen and oxygen atoms in total. The molecule has 5 aromatic carbocycles. The number of rotatable bonds is 25. The summed E-state index contributed by atoms with van der Waals surface area (Å²) in [6.07, 6.45) is -5.48. The zero-order valence-electron chi connectivity index (χ0n) is 57.1. The van der Waals surface area contributed by atoms with Crippen molar-refractivity contribution in [3.05, 3.63) is 190 Å². The Morgan fingerprint density at radius 3 is 1.44 bits per heavy atom. The number of hydrogen-bond acceptors (Lipinski definition) is 24. The molecular formula is C72H98N4O25. The van der Waals surface area contributed by atoms with Gasteiger partial charge in [0.1, 0.15) is 43.7 Å². The molecule has 5 aromatic rings. The van der Waals surface area contributed by atoms with E-state index in [-0.39, 0.29) is 112 Å². The third-order valence-corrected chi connectivity index (χ3v) is 15.5. The van der Waals surface area contributed by atoms with Gasteiger partial charge in [0.25, 0.3) is 0 Å². The molecule has 0 spiro atoms. The van der Waals surface area contributed by atoms with Gasteiger partial charge in [0, 0.05) is 57.4 Å². The fourth-order valence-corrected chi connectivity index (χ4v) is 10.6. The zero-order chi connectivity index (χ0) is 69.9. The highest BCUT2D eigenvalue weighted by atomic mass is 16.6. The van der Waals surface area contributed by atoms with E-state index in [0.29, 0.717) is 44.8 Å². The number of carbonyl (C=O) groups is 7. The molecule has 4 aliphatic rings. The minimum absolute atomic E-state index is 0. The van der Waals surface area contributed by atoms with Crippen molar-refractivity contribution < 1.29 is 121 Å². The van der Waals surface area contributed by atoms with E-state index < -0.39 is 84.7 Å². The number of Topliss-reactive ketones (excluding diaryl/α,β-unsaturated/α-hetero) is 1. The number of ether oxygens (including phenoxy) is 14. The molecule has 0 bridgehead atoms. The van der Waals surface area contributed by atoms with Crippen LogP contribution in [-0.4, -0.2) is 202 Å². The Bertz CT molecular complexity index is 3230. The maximum atomic E-state index is 12.5. The van der Waals surface area contributed by atoms with E-state index in [1.165, 1.54) is 41.9 Å². The lowest BCUT2D eigenvalue weighted by Gasteiger charge is -2.40. The molecule has 556 valence electrons. The molecule has 29 heteroatoms. The van der Waals surface area contributed by atoms with Crippen LogP contribution in [0.5, 0.6) is 0 Å². The monoisotopic (exact) mass is 1420 g/mol. The lowest BCUT2D eigenvalue weighted by Crippen LogP contribution is -2.57. The van der Waals surface area contributed by atoms with Gasteiger partial charge in [-0.3, -0.25) is 24.0 Å². The van der Waals surface area contributed by atoms with Gasteiger partial charge < -0.3 is 93.2 Å². The zero-order valence-corrected chi connectivity index (χ0v) is 57.1. The summed E-state index contributed by atoms with van der Waals surface area (Å²) in [6, 6.07) is 47.4. The summed E-state index contributed by atoms with van der Waals surface area (Å²) in [6.45, 7) is 9.59. The second-order valence-corrected chi connectivity index (χ2v) is 22.9. The molecular weight excluding hydrogens is 1320 g/mol. The van der Waals surface area contributed by atoms with Gasteiger partial charge in [-0.2, -0.15) is 0 Å². The third-order valence-electron chi connectivity index (χ3n) is 15.5. The minimum Gasteiger partial charge on any atom is -0.467 e. The number of aliphatic hydroxyl groups is 1. The van der Waals surface area contributed by atoms with E-state index in [0.717, 1.165) is 22.3 Å². The van der Waals surface area contributed by atoms with Gasteiger partial charge in [-0.05, 0) is 34.7 Å². The summed E-state index contributed by atoms with van der Waals surface area (Å²) < 4.78 is 75.9. The maximum Gasteiger partial charge on any atom is 0.337 e. The second kappa shape index (κ2) is 48.2. The Hall–Kier alpha value is -8.62. The van der Waals surface area contributed by atoms with Gasteiger partial charge in [-0.15, -0.1) is 0 Å². The molecule has 101 heavy (non-hydrogen) atoms. The van der Waals surface area contributed by atoms with Crippen molar-refractivity contribution in [2.24, 2.45) is 5.11 Å². The van der Waals surface area contributed by atoms with Crippen LogP contribution in [0.15, 0.2) is 157 Å². The predicted molar refractivity (Wildman–Crippen MR) is 365 cm³/mol. The first-order chi connectivity index (χ1) is 46.8. The first-order valence-electron chi connectivity index (χ1n) is 31.8. The van der Waals surface area contributed by atoms with Crippen molar-refractivity contribution in [2.75, 3.05) is 53.8 Å². The molecule has 4 aliphatic heterocycles. The quantitative estimate of drug-likeness (QED) is 0.0173. The average molecular weight is 1420 g/mol. The molecule has 4 saturated heterocycles. The topological polar surface area (TPSA) is 424 Å². The molecule has 4 heterocycles. The maximum absolute atomic E-state index is 12.5. The normalized spacial score (nSPS) is 23.9. The van der Waals surface area contributed by atoms with E-state index in [2.05, 4.69) is 20.1 Å². The summed E-state index contributed by atoms with van der Waals surface area (Å²) in [5.74, 6) is -2.65. The van der Waals surface area contributed by atoms with Crippen molar-refractivity contribution in [2.45, 2.75) is 173 Å². The van der Waals surface area contributed by atoms with Crippen LogP contribution in [0.4, 0.5) is 0 Å². The minimum atomic E-state index is -1.18. The van der Waals surface area contributed by atoms with Gasteiger partial charge in [-0.1, -0.05) is 164 Å². The van der Waals surface area contributed by atoms with Crippen LogP contribution in [0.25, 0.3) is 10.4 Å². The Kier molecular flexibility index (Phi) is 42.3. The smallest absolute Gasteiger partial charge is 0.337 e. The van der Waals surface area contributed by atoms with Crippen LogP contribution in [-0.2, 0) is 122 Å². The lowest BCUT2D eigenvalue weighted by molar-refractivity contribution is -0.228. The standard InChI is InChI=1S/C24H29NO5.C21H24O6.C16H20O6.C10H15N3O5.CH4.3H2O/c1-17-24(25-14-22(27)20-11-7-4-8-12-20)23(13-21(30-17)16-28-18(2)26)29-15-19-9-5-3-6-10-19;1-24-21(23)20-18(22)19(26-13-16-10-6-3-7-11-16)17(14-27-20)25-12-15-8-4-2-5-9-15;1-11(17)22-15-10-21-14(16(18)19-2)8-13(15)20-9-12-6-4-3-5-7-12;1-6(14)16-4-8-3-10(18-7(2)15)9(5-17-8)12-13-11;;;;/h3-12,17,21,23-25H,13-16H2,1-2H3;2-11,17-20,22H,12-14H2,1H3;3-7,13-15H,8-10H2,1-2H3;8-10H,3-5H2,1-2H3;1H4;3*1H2/t17-,21?,23?,24?;17?,18-,19?,20?;;;;;;/m10....../s1. The van der Waals surface area contributed by atoms with Crippen LogP contribution in [0.3, 0.4) is 0 Å². The average Bonchev–Trinajstić information content (AvgIpc) is 0.818. The van der Waals surface area contributed by atoms with Gasteiger partial charge in [0.2, 0.25) is 0 Å². The van der Waals surface area contributed by atoms with E-state index >= 15 is 0 Å². The van der Waals surface area contributed by atoms with Crippen LogP contribution >= 0.6 is 0 Å². The van der Waals surface area contributed by atoms with Gasteiger partial charge in [0.15, 0.2) is 24.1 Å². The number of hydrogen-bond donors (Lipinski definition) is 2. The molecule has 0 saturated carbocycles. The summed E-state index contributed by atoms with van der Waals surface area (Å²) in [4.78, 5) is 82.7. The molecule has 9 rings (SSSR count). The summed E-state index contributed by atoms with van der Waals surface area (Å²) in [5.41, 5.74) is 13.1. The Labute approximate surface area is 588 Å². The number of ketones is 1. The van der Waals surface area contributed by atoms with Crippen molar-refractivity contribution in [1.29, 1.82) is 0 Å². The number of esters is 6. The number of nitrogens with one attached hydrogen (secondary N) is 1. The van der Waals surface area contributed by atoms with Crippen molar-refractivity contribution >= 4 is 41.6 Å². The fraction of sp³-hybridized carbons (Fsp3) is 0.486. The Morgan fingerprint density at radius 1 is 0.525 bits per heavy atom. The van der Waals surface area contributed by atoms with Gasteiger partial charge in [0.05, 0.1) is 104 Å². The molecule has 0 aliphatic carbocycles. The highest BCUT2D eigenvalue weighted by molar-refractivity contribution is 5.97. The van der Waals surface area contributed by atoms with E-state index in [1.807, 2.05) is 159 Å². The fourth-order valence-electron chi connectivity index (χ4n) is 10.6. The van der Waals surface area contributed by atoms with Crippen LogP contribution < -0.4 is 5.32 Å². The Balaban J connectivity index is 0.000000459. The first kappa shape index (κ1) is 88.5. The van der Waals surface area contributed by atoms with E-state index in [9.17, 15) is 38.7 Å². The molecule has 8 N–H and O–H groups in total. The second-order valence-electron chi connectivity index (χ2n) is 22.9. The van der Waals surface area contributed by atoms with Crippen molar-refractivity contribution in [3.8, 4) is 0 Å². The van der Waals surface area contributed by atoms with Crippen LogP contribution in [0.2, 0.25) is 0 Å². The summed E-state index contributed by atoms with van der Waals surface area (Å²) >= 11 is 0. The summed E-state index contributed by atoms with van der Waals surface area (Å²) in [7, 11) is 2.57. The number of azide groups is 1. The molecule has 0 amide bonds. The largest absolute Gasteiger partial charge is 0.467 e. The van der Waals surface area contributed by atoms with Gasteiger partial charge >= 0.3 is 35.8 Å². The van der Waals surface area contributed by atoms with Gasteiger partial charge in [-0.25, -0.2) is 9.59 Å². The highest BCUT2D eigenvalue weighted by Gasteiger charge is 2.45. The van der Waals surface area contributed by atoms with E-state index in [4.69, 9.17) is 67.1 Å². The van der Waals surface area contributed by atoms with E-state index in [1.54, 1.807) is 0 Å². The lowest BCUT2D eigenvalue weighted by atomic mass is 9.95. The SMILES string of the molecule is C.CC(=O)OCC1CC(OC(C)=O)C(N=[N+]=[N-])CO1.CC(=O)OCC1CC(OCc2ccccc2)C(NCC(=O)c2ccccc2)[C@@H](C)O1.COC(=O)C1CC(OCc2ccccc2)C(OC(C)=O)CO1.COC(=O)C1OCC(OCc2ccccc2)C(OCc2ccccc2)[C@@H]1O.O.O.O. The summed E-state index contributed by atoms with van der Waals surface area (Å²) in [5, 5.41) is 17.5. The molecule has 0 aromatic heterocycles. The third kappa shape index (κ3) is 31.4. The number of carbonyl (C=O) groups excluding carboxylic acids is 7. The molecule has 4 fully saturated rings. The number of aliphatic hydroxyl groups excluding tert-OH is 1. The molecule has 0 radical (unpaired) electrons. The number of methoxy groups -OCH3 is 2. The Morgan fingerprint density at radius 2 is 0.960 bits per heavy atom. The van der Waals surface area contributed by atoms with Crippen LogP contribution in [0.1, 0.15) is 93.9 Å². The highest BCUT2D eigenvalue weighted by Crippen LogP contribution is 2.28. The predicted octanol–water partition coefficient (Wildman–Crippen LogP) is 5.82. The molecule has 12 unspecified atom stereocenters. The van der Waals surface area contributed by atoms with Crippen LogP contribution in [0, 0.1) is 0 Å². The first-order valence-corrected chi connectivity index (χ1v) is 31.8. The van der Waals surface area contributed by atoms with Crippen molar-refractivity contribution in [1.82, 2.24) is 5.32 Å². The molecule has 14 atom stereocenters.